The molecule has 1 saturated heterocycles. The molecule has 5 nitrogen and oxygen atoms in total. The van der Waals surface area contributed by atoms with Crippen LogP contribution in [-0.4, -0.2) is 47.6 Å². The molecule has 2 rings (SSSR count). The van der Waals surface area contributed by atoms with E-state index in [0.717, 1.165) is 19.4 Å². The Morgan fingerprint density at radius 1 is 1.14 bits per heavy atom. The first-order chi connectivity index (χ1) is 10.1. The summed E-state index contributed by atoms with van der Waals surface area (Å²) in [6.45, 7) is 5.12. The lowest BCUT2D eigenvalue weighted by Crippen LogP contribution is -2.40. The molecule has 0 bridgehead atoms. The zero-order valence-corrected chi connectivity index (χ0v) is 13.0. The summed E-state index contributed by atoms with van der Waals surface area (Å²) in [6.07, 6.45) is 7.02. The third kappa shape index (κ3) is 4.43. The Kier molecular flexibility index (Phi) is 6.03. The number of aliphatic carboxylic acids is 1. The number of piperidine rings is 1. The Bertz CT molecular complexity index is 373. The number of hydrogen-bond donors (Lipinski definition) is 2. The molecule has 120 valence electrons. The SMILES string of the molecule is CC1CCCCN1CCCNC(=O)[C@@H]1CCC[C@@H]1C(=O)O. The van der Waals surface area contributed by atoms with Crippen LogP contribution in [0.3, 0.4) is 0 Å². The van der Waals surface area contributed by atoms with Crippen LogP contribution in [0.2, 0.25) is 0 Å². The Labute approximate surface area is 127 Å². The number of amides is 1. The summed E-state index contributed by atoms with van der Waals surface area (Å²) in [5.41, 5.74) is 0. The molecule has 2 N–H and O–H groups in total. The van der Waals surface area contributed by atoms with Gasteiger partial charge in [-0.25, -0.2) is 0 Å². The lowest BCUT2D eigenvalue weighted by atomic mass is 9.95. The third-order valence-corrected chi connectivity index (χ3v) is 5.03. The summed E-state index contributed by atoms with van der Waals surface area (Å²) >= 11 is 0. The van der Waals surface area contributed by atoms with Gasteiger partial charge >= 0.3 is 5.97 Å². The van der Waals surface area contributed by atoms with Gasteiger partial charge in [0.25, 0.3) is 0 Å². The number of nitrogens with zero attached hydrogens (tertiary/aromatic N) is 1. The standard InChI is InChI=1S/C16H28N2O3/c1-12-6-2-3-10-18(12)11-5-9-17-15(19)13-7-4-8-14(13)16(20)21/h12-14H,2-11H2,1H3,(H,17,19)(H,20,21)/t12?,13-,14+/m1/s1. The van der Waals surface area contributed by atoms with Crippen molar-refractivity contribution in [2.24, 2.45) is 11.8 Å². The molecule has 1 amide bonds. The van der Waals surface area contributed by atoms with Crippen molar-refractivity contribution in [3.05, 3.63) is 0 Å². The van der Waals surface area contributed by atoms with Crippen molar-refractivity contribution >= 4 is 11.9 Å². The molecule has 2 aliphatic rings. The maximum absolute atomic E-state index is 12.1. The van der Waals surface area contributed by atoms with Gasteiger partial charge in [0.1, 0.15) is 0 Å². The van der Waals surface area contributed by atoms with Gasteiger partial charge in [0.15, 0.2) is 0 Å². The number of hydrogen-bond acceptors (Lipinski definition) is 3. The van der Waals surface area contributed by atoms with Gasteiger partial charge in [0, 0.05) is 19.1 Å². The van der Waals surface area contributed by atoms with Crippen LogP contribution in [0.4, 0.5) is 0 Å². The van der Waals surface area contributed by atoms with Crippen molar-refractivity contribution in [1.82, 2.24) is 10.2 Å². The lowest BCUT2D eigenvalue weighted by molar-refractivity contribution is -0.146. The molecule has 0 aromatic rings. The maximum Gasteiger partial charge on any atom is 0.307 e. The summed E-state index contributed by atoms with van der Waals surface area (Å²) in [5, 5.41) is 12.1. The topological polar surface area (TPSA) is 69.6 Å². The molecular weight excluding hydrogens is 268 g/mol. The average Bonchev–Trinajstić information content (AvgIpc) is 2.95. The highest BCUT2D eigenvalue weighted by Crippen LogP contribution is 2.31. The number of carboxylic acid groups (broad SMARTS) is 1. The average molecular weight is 296 g/mol. The number of carbonyl (C=O) groups is 2. The largest absolute Gasteiger partial charge is 0.481 e. The van der Waals surface area contributed by atoms with Crippen molar-refractivity contribution in [3.63, 3.8) is 0 Å². The van der Waals surface area contributed by atoms with Gasteiger partial charge in [-0.1, -0.05) is 12.8 Å². The minimum Gasteiger partial charge on any atom is -0.481 e. The van der Waals surface area contributed by atoms with Gasteiger partial charge in [-0.2, -0.15) is 0 Å². The summed E-state index contributed by atoms with van der Waals surface area (Å²) in [6, 6.07) is 0.653. The Morgan fingerprint density at radius 2 is 1.90 bits per heavy atom. The minimum atomic E-state index is -0.824. The number of nitrogens with one attached hydrogen (secondary N) is 1. The quantitative estimate of drug-likeness (QED) is 0.734. The van der Waals surface area contributed by atoms with Crippen LogP contribution in [0, 0.1) is 11.8 Å². The lowest BCUT2D eigenvalue weighted by Gasteiger charge is -2.33. The smallest absolute Gasteiger partial charge is 0.307 e. The van der Waals surface area contributed by atoms with Gasteiger partial charge in [-0.15, -0.1) is 0 Å². The van der Waals surface area contributed by atoms with Crippen molar-refractivity contribution in [2.75, 3.05) is 19.6 Å². The van der Waals surface area contributed by atoms with E-state index < -0.39 is 11.9 Å². The zero-order valence-electron chi connectivity index (χ0n) is 13.0. The molecule has 0 spiro atoms. The summed E-state index contributed by atoms with van der Waals surface area (Å²) in [5.74, 6) is -1.69. The first-order valence-corrected chi connectivity index (χ1v) is 8.34. The molecule has 21 heavy (non-hydrogen) atoms. The normalized spacial score (nSPS) is 30.2. The number of likely N-dealkylation sites (tertiary alicyclic amines) is 1. The first kappa shape index (κ1) is 16.3. The van der Waals surface area contributed by atoms with Gasteiger partial charge in [-0.05, 0) is 45.6 Å². The molecule has 0 aromatic carbocycles. The second kappa shape index (κ2) is 7.78. The molecule has 1 aliphatic heterocycles. The van der Waals surface area contributed by atoms with E-state index in [1.807, 2.05) is 0 Å². The summed E-state index contributed by atoms with van der Waals surface area (Å²) in [7, 11) is 0. The molecule has 0 radical (unpaired) electrons. The third-order valence-electron chi connectivity index (χ3n) is 5.03. The van der Waals surface area contributed by atoms with Crippen LogP contribution in [-0.2, 0) is 9.59 Å². The second-order valence-electron chi connectivity index (χ2n) is 6.51. The summed E-state index contributed by atoms with van der Waals surface area (Å²) < 4.78 is 0. The molecule has 1 unspecified atom stereocenters. The van der Waals surface area contributed by atoms with E-state index >= 15 is 0 Å². The van der Waals surface area contributed by atoms with E-state index in [1.165, 1.54) is 25.8 Å². The van der Waals surface area contributed by atoms with E-state index in [9.17, 15) is 9.59 Å². The second-order valence-corrected chi connectivity index (χ2v) is 6.51. The molecule has 1 heterocycles. The van der Waals surface area contributed by atoms with E-state index in [2.05, 4.69) is 17.1 Å². The van der Waals surface area contributed by atoms with Crippen LogP contribution in [0.5, 0.6) is 0 Å². The monoisotopic (exact) mass is 296 g/mol. The van der Waals surface area contributed by atoms with E-state index in [1.54, 1.807) is 0 Å². The van der Waals surface area contributed by atoms with Crippen LogP contribution >= 0.6 is 0 Å². The number of carboxylic acids is 1. The fourth-order valence-electron chi connectivity index (χ4n) is 3.68. The molecule has 5 heteroatoms. The van der Waals surface area contributed by atoms with Crippen molar-refractivity contribution < 1.29 is 14.7 Å². The van der Waals surface area contributed by atoms with Crippen molar-refractivity contribution in [2.45, 2.75) is 57.9 Å². The van der Waals surface area contributed by atoms with Crippen molar-refractivity contribution in [3.8, 4) is 0 Å². The van der Waals surface area contributed by atoms with Crippen LogP contribution in [0.25, 0.3) is 0 Å². The predicted octanol–water partition coefficient (Wildman–Crippen LogP) is 1.87. The van der Waals surface area contributed by atoms with Crippen LogP contribution in [0.15, 0.2) is 0 Å². The highest BCUT2D eigenvalue weighted by atomic mass is 16.4. The Balaban J connectivity index is 1.66. The predicted molar refractivity (Wildman–Crippen MR) is 81.0 cm³/mol. The molecule has 3 atom stereocenters. The van der Waals surface area contributed by atoms with E-state index in [0.29, 0.717) is 25.4 Å². The maximum atomic E-state index is 12.1. The van der Waals surface area contributed by atoms with Gasteiger partial charge in [0.05, 0.1) is 11.8 Å². The molecule has 0 aromatic heterocycles. The minimum absolute atomic E-state index is 0.0633. The molecule has 1 saturated carbocycles. The van der Waals surface area contributed by atoms with E-state index in [-0.39, 0.29) is 11.8 Å². The van der Waals surface area contributed by atoms with Crippen LogP contribution < -0.4 is 5.32 Å². The van der Waals surface area contributed by atoms with E-state index in [4.69, 9.17) is 5.11 Å². The zero-order chi connectivity index (χ0) is 15.2. The molecular formula is C16H28N2O3. The molecule has 1 aliphatic carbocycles. The van der Waals surface area contributed by atoms with Gasteiger partial charge in [-0.3, -0.25) is 9.59 Å². The van der Waals surface area contributed by atoms with Crippen molar-refractivity contribution in [1.29, 1.82) is 0 Å². The number of rotatable bonds is 6. The Morgan fingerprint density at radius 3 is 2.62 bits per heavy atom. The Hall–Kier alpha value is -1.10. The molecule has 2 fully saturated rings. The highest BCUT2D eigenvalue weighted by Gasteiger charge is 2.37. The van der Waals surface area contributed by atoms with Gasteiger partial charge in [0.2, 0.25) is 5.91 Å². The first-order valence-electron chi connectivity index (χ1n) is 8.34. The fraction of sp³-hybridized carbons (Fsp3) is 0.875. The summed E-state index contributed by atoms with van der Waals surface area (Å²) in [4.78, 5) is 25.7. The van der Waals surface area contributed by atoms with Crippen LogP contribution in [0.1, 0.15) is 51.9 Å². The highest BCUT2D eigenvalue weighted by molar-refractivity contribution is 5.85. The fourth-order valence-corrected chi connectivity index (χ4v) is 3.68. The number of carbonyl (C=O) groups excluding carboxylic acids is 1. The van der Waals surface area contributed by atoms with Gasteiger partial charge < -0.3 is 15.3 Å².